The van der Waals surface area contributed by atoms with Gasteiger partial charge < -0.3 is 0 Å². The number of allylic oxidation sites excluding steroid dienone is 2. The van der Waals surface area contributed by atoms with Crippen molar-refractivity contribution < 1.29 is 4.39 Å². The van der Waals surface area contributed by atoms with Crippen molar-refractivity contribution in [2.75, 3.05) is 6.67 Å². The summed E-state index contributed by atoms with van der Waals surface area (Å²) < 4.78 is 12.1. The molecule has 28 heavy (non-hydrogen) atoms. The van der Waals surface area contributed by atoms with Gasteiger partial charge in [0.25, 0.3) is 0 Å². The summed E-state index contributed by atoms with van der Waals surface area (Å²) in [4.78, 5) is 0. The third-order valence-corrected chi connectivity index (χ3v) is 6.33. The molecule has 0 bridgehead atoms. The summed E-state index contributed by atoms with van der Waals surface area (Å²) in [5.41, 5.74) is 5.58. The van der Waals surface area contributed by atoms with Gasteiger partial charge in [-0.1, -0.05) is 74.0 Å². The monoisotopic (exact) mass is 378 g/mol. The average Bonchev–Trinajstić information content (AvgIpc) is 2.76. The zero-order valence-electron chi connectivity index (χ0n) is 17.4. The molecular formula is C27H35F. The number of rotatable bonds is 9. The van der Waals surface area contributed by atoms with Crippen molar-refractivity contribution in [1.29, 1.82) is 0 Å². The molecule has 0 unspecified atom stereocenters. The van der Waals surface area contributed by atoms with E-state index in [0.29, 0.717) is 5.92 Å². The third kappa shape index (κ3) is 6.06. The lowest BCUT2D eigenvalue weighted by Gasteiger charge is -2.28. The highest BCUT2D eigenvalue weighted by Gasteiger charge is 2.21. The van der Waals surface area contributed by atoms with Gasteiger partial charge in [-0.05, 0) is 85.5 Å². The number of unbranched alkanes of at least 4 members (excludes halogenated alkanes) is 1. The van der Waals surface area contributed by atoms with Crippen LogP contribution in [0.3, 0.4) is 0 Å². The molecule has 1 heteroatoms. The van der Waals surface area contributed by atoms with Crippen molar-refractivity contribution in [3.63, 3.8) is 0 Å². The number of benzene rings is 2. The Morgan fingerprint density at radius 3 is 2.11 bits per heavy atom. The predicted molar refractivity (Wildman–Crippen MR) is 120 cm³/mol. The first-order chi connectivity index (χ1) is 13.8. The molecule has 1 saturated carbocycles. The SMILES string of the molecule is CCCCc1ccc(-c2ccc(C3CCC(CC/C=C/CF)CC3)cc2)cc1. The summed E-state index contributed by atoms with van der Waals surface area (Å²) in [7, 11) is 0. The first-order valence-corrected chi connectivity index (χ1v) is 11.2. The Bertz CT molecular complexity index is 703. The largest absolute Gasteiger partial charge is 0.247 e. The van der Waals surface area contributed by atoms with E-state index in [-0.39, 0.29) is 6.67 Å². The van der Waals surface area contributed by atoms with Crippen LogP contribution in [0.25, 0.3) is 11.1 Å². The van der Waals surface area contributed by atoms with Crippen LogP contribution in [-0.2, 0) is 6.42 Å². The third-order valence-electron chi connectivity index (χ3n) is 6.33. The van der Waals surface area contributed by atoms with Crippen molar-refractivity contribution in [3.05, 3.63) is 71.8 Å². The number of hydrogen-bond donors (Lipinski definition) is 0. The van der Waals surface area contributed by atoms with E-state index in [1.807, 2.05) is 6.08 Å². The Balaban J connectivity index is 1.51. The molecule has 2 aromatic rings. The van der Waals surface area contributed by atoms with Crippen LogP contribution in [0.4, 0.5) is 4.39 Å². The second-order valence-electron chi connectivity index (χ2n) is 8.34. The van der Waals surface area contributed by atoms with E-state index in [2.05, 4.69) is 55.5 Å². The fraction of sp³-hybridized carbons (Fsp3) is 0.481. The lowest BCUT2D eigenvalue weighted by atomic mass is 9.77. The lowest BCUT2D eigenvalue weighted by molar-refractivity contribution is 0.312. The zero-order chi connectivity index (χ0) is 19.6. The first kappa shape index (κ1) is 20.8. The molecule has 0 heterocycles. The topological polar surface area (TPSA) is 0 Å². The Kier molecular flexibility index (Phi) is 8.33. The quantitative estimate of drug-likeness (QED) is 0.385. The van der Waals surface area contributed by atoms with Crippen LogP contribution in [0.1, 0.15) is 75.3 Å². The predicted octanol–water partition coefficient (Wildman–Crippen LogP) is 8.28. The van der Waals surface area contributed by atoms with Crippen molar-refractivity contribution >= 4 is 0 Å². The summed E-state index contributed by atoms with van der Waals surface area (Å²) in [6.45, 7) is 1.92. The van der Waals surface area contributed by atoms with Crippen LogP contribution in [0, 0.1) is 5.92 Å². The van der Waals surface area contributed by atoms with Gasteiger partial charge in [0.05, 0.1) is 0 Å². The van der Waals surface area contributed by atoms with Crippen LogP contribution in [-0.4, -0.2) is 6.67 Å². The van der Waals surface area contributed by atoms with E-state index in [4.69, 9.17) is 0 Å². The molecule has 0 aromatic heterocycles. The summed E-state index contributed by atoms with van der Waals surface area (Å²) in [6.07, 6.45) is 14.8. The Morgan fingerprint density at radius 1 is 0.857 bits per heavy atom. The van der Waals surface area contributed by atoms with E-state index >= 15 is 0 Å². The minimum Gasteiger partial charge on any atom is -0.247 e. The molecule has 0 radical (unpaired) electrons. The van der Waals surface area contributed by atoms with Crippen molar-refractivity contribution in [3.8, 4) is 11.1 Å². The summed E-state index contributed by atoms with van der Waals surface area (Å²) in [6, 6.07) is 18.4. The maximum atomic E-state index is 12.1. The van der Waals surface area contributed by atoms with Crippen molar-refractivity contribution in [2.24, 2.45) is 5.92 Å². The molecule has 1 aliphatic carbocycles. The van der Waals surface area contributed by atoms with Gasteiger partial charge >= 0.3 is 0 Å². The molecule has 0 saturated heterocycles. The lowest BCUT2D eigenvalue weighted by Crippen LogP contribution is -2.13. The number of hydrogen-bond acceptors (Lipinski definition) is 0. The van der Waals surface area contributed by atoms with E-state index in [9.17, 15) is 4.39 Å². The molecule has 0 nitrogen and oxygen atoms in total. The van der Waals surface area contributed by atoms with Gasteiger partial charge in [-0.2, -0.15) is 0 Å². The van der Waals surface area contributed by atoms with Crippen LogP contribution in [0.2, 0.25) is 0 Å². The summed E-state index contributed by atoms with van der Waals surface area (Å²) >= 11 is 0. The zero-order valence-corrected chi connectivity index (χ0v) is 17.4. The van der Waals surface area contributed by atoms with Gasteiger partial charge in [0.2, 0.25) is 0 Å². The smallest absolute Gasteiger partial charge is 0.108 e. The molecule has 1 aliphatic rings. The number of alkyl halides is 1. The molecule has 0 N–H and O–H groups in total. The highest BCUT2D eigenvalue weighted by molar-refractivity contribution is 5.64. The van der Waals surface area contributed by atoms with Gasteiger partial charge in [-0.3, -0.25) is 0 Å². The fourth-order valence-corrected chi connectivity index (χ4v) is 4.49. The minimum atomic E-state index is -0.328. The van der Waals surface area contributed by atoms with Crippen LogP contribution >= 0.6 is 0 Å². The first-order valence-electron chi connectivity index (χ1n) is 11.2. The molecule has 0 aliphatic heterocycles. The number of halogens is 1. The van der Waals surface area contributed by atoms with E-state index in [1.54, 1.807) is 6.08 Å². The van der Waals surface area contributed by atoms with Crippen molar-refractivity contribution in [1.82, 2.24) is 0 Å². The highest BCUT2D eigenvalue weighted by Crippen LogP contribution is 2.38. The van der Waals surface area contributed by atoms with Gasteiger partial charge in [0, 0.05) is 0 Å². The van der Waals surface area contributed by atoms with E-state index in [1.165, 1.54) is 73.6 Å². The number of aryl methyl sites for hydroxylation is 1. The summed E-state index contributed by atoms with van der Waals surface area (Å²) in [5, 5.41) is 0. The van der Waals surface area contributed by atoms with Gasteiger partial charge in [-0.25, -0.2) is 4.39 Å². The Hall–Kier alpha value is -1.89. The maximum Gasteiger partial charge on any atom is 0.108 e. The molecular weight excluding hydrogens is 343 g/mol. The highest BCUT2D eigenvalue weighted by atomic mass is 19.1. The van der Waals surface area contributed by atoms with Gasteiger partial charge in [0.15, 0.2) is 0 Å². The standard InChI is InChI=1S/C27H35F/c1-2-3-7-22-9-13-24(14-10-22)26-17-19-27(20-18-26)25-15-11-23(12-16-25)8-5-4-6-21-28/h4,6,9-10,13-14,17-20,23,25H,2-3,5,7-8,11-12,15-16,21H2,1H3/b6-4+. The van der Waals surface area contributed by atoms with Crippen LogP contribution in [0.5, 0.6) is 0 Å². The molecule has 0 spiro atoms. The fourth-order valence-electron chi connectivity index (χ4n) is 4.49. The Morgan fingerprint density at radius 2 is 1.50 bits per heavy atom. The molecule has 3 rings (SSSR count). The van der Waals surface area contributed by atoms with E-state index in [0.717, 1.165) is 12.3 Å². The second kappa shape index (κ2) is 11.2. The second-order valence-corrected chi connectivity index (χ2v) is 8.34. The normalized spacial score (nSPS) is 19.9. The summed E-state index contributed by atoms with van der Waals surface area (Å²) in [5.74, 6) is 1.54. The van der Waals surface area contributed by atoms with Crippen LogP contribution in [0.15, 0.2) is 60.7 Å². The molecule has 1 fully saturated rings. The average molecular weight is 379 g/mol. The van der Waals surface area contributed by atoms with Crippen molar-refractivity contribution in [2.45, 2.75) is 70.6 Å². The van der Waals surface area contributed by atoms with E-state index < -0.39 is 0 Å². The molecule has 150 valence electrons. The van der Waals surface area contributed by atoms with Gasteiger partial charge in [-0.15, -0.1) is 0 Å². The maximum absolute atomic E-state index is 12.1. The van der Waals surface area contributed by atoms with Gasteiger partial charge in [0.1, 0.15) is 6.67 Å². The molecule has 0 amide bonds. The minimum absolute atomic E-state index is 0.328. The Labute approximate surface area is 170 Å². The van der Waals surface area contributed by atoms with Crippen LogP contribution < -0.4 is 0 Å². The molecule has 0 atom stereocenters. The molecule has 2 aromatic carbocycles.